The van der Waals surface area contributed by atoms with E-state index in [1.165, 1.54) is 30.5 Å². The zero-order chi connectivity index (χ0) is 25.0. The molecule has 0 aliphatic heterocycles. The summed E-state index contributed by atoms with van der Waals surface area (Å²) in [5.41, 5.74) is 2.33. The fourth-order valence-corrected chi connectivity index (χ4v) is 5.03. The highest BCUT2D eigenvalue weighted by Gasteiger charge is 2.29. The lowest BCUT2D eigenvalue weighted by Gasteiger charge is -2.28. The molecule has 1 aliphatic rings. The first-order valence-corrected chi connectivity index (χ1v) is 12.0. The Labute approximate surface area is 202 Å². The maximum Gasteiger partial charge on any atom is 0.422 e. The van der Waals surface area contributed by atoms with Crippen LogP contribution in [0.15, 0.2) is 61.2 Å². The Hall–Kier alpha value is -2.89. The standard InChI is InChI=1S/C29H29F5O/c1-2-3-19-4-8-21(9-5-19)23-13-14-25-24(17-23)12-11-22(28(25)31)10-6-20-7-15-27(26(30)16-20)35-18-29(32,33)34/h2,7,11-17,19,21H,1,3-6,8-10,18H2. The number of hydrogen-bond donors (Lipinski definition) is 0. The molecule has 0 unspecified atom stereocenters. The molecule has 1 aliphatic carbocycles. The van der Waals surface area contributed by atoms with Crippen molar-refractivity contribution in [3.63, 3.8) is 0 Å². The third kappa shape index (κ3) is 6.41. The van der Waals surface area contributed by atoms with Gasteiger partial charge >= 0.3 is 6.18 Å². The van der Waals surface area contributed by atoms with Crippen LogP contribution in [-0.2, 0) is 12.8 Å². The van der Waals surface area contributed by atoms with E-state index in [1.54, 1.807) is 6.07 Å². The summed E-state index contributed by atoms with van der Waals surface area (Å²) in [4.78, 5) is 0. The molecule has 1 nitrogen and oxygen atoms in total. The van der Waals surface area contributed by atoms with E-state index in [-0.39, 0.29) is 5.82 Å². The van der Waals surface area contributed by atoms with Crippen molar-refractivity contribution in [2.45, 2.75) is 57.0 Å². The molecule has 0 atom stereocenters. The molecule has 1 saturated carbocycles. The predicted molar refractivity (Wildman–Crippen MR) is 129 cm³/mol. The minimum Gasteiger partial charge on any atom is -0.481 e. The van der Waals surface area contributed by atoms with Gasteiger partial charge < -0.3 is 4.74 Å². The van der Waals surface area contributed by atoms with E-state index in [0.29, 0.717) is 35.3 Å². The molecule has 35 heavy (non-hydrogen) atoms. The highest BCUT2D eigenvalue weighted by molar-refractivity contribution is 5.84. The molecule has 3 aromatic carbocycles. The highest BCUT2D eigenvalue weighted by Crippen LogP contribution is 2.38. The molecule has 0 saturated heterocycles. The van der Waals surface area contributed by atoms with Crippen molar-refractivity contribution in [1.82, 2.24) is 0 Å². The number of allylic oxidation sites excluding steroid dienone is 1. The zero-order valence-corrected chi connectivity index (χ0v) is 19.5. The van der Waals surface area contributed by atoms with Gasteiger partial charge in [0.05, 0.1) is 0 Å². The number of fused-ring (bicyclic) bond motifs is 1. The Balaban J connectivity index is 1.41. The van der Waals surface area contributed by atoms with Gasteiger partial charge in [-0.25, -0.2) is 8.78 Å². The maximum atomic E-state index is 15.2. The van der Waals surface area contributed by atoms with Crippen molar-refractivity contribution in [1.29, 1.82) is 0 Å². The average molecular weight is 489 g/mol. The molecular formula is C29H29F5O. The molecule has 0 N–H and O–H groups in total. The fourth-order valence-electron chi connectivity index (χ4n) is 5.03. The normalized spacial score (nSPS) is 18.5. The van der Waals surface area contributed by atoms with Crippen molar-refractivity contribution >= 4 is 10.8 Å². The minimum absolute atomic E-state index is 0.283. The van der Waals surface area contributed by atoms with Gasteiger partial charge in [0.25, 0.3) is 0 Å². The lowest BCUT2D eigenvalue weighted by molar-refractivity contribution is -0.153. The second-order valence-corrected chi connectivity index (χ2v) is 9.43. The zero-order valence-electron chi connectivity index (χ0n) is 19.5. The summed E-state index contributed by atoms with van der Waals surface area (Å²) in [6, 6.07) is 13.5. The van der Waals surface area contributed by atoms with Gasteiger partial charge in [-0.2, -0.15) is 13.2 Å². The largest absolute Gasteiger partial charge is 0.481 e. The number of benzene rings is 3. The van der Waals surface area contributed by atoms with E-state index in [4.69, 9.17) is 0 Å². The van der Waals surface area contributed by atoms with Crippen LogP contribution in [0.5, 0.6) is 5.75 Å². The van der Waals surface area contributed by atoms with Crippen molar-refractivity contribution in [3.05, 3.63) is 89.5 Å². The molecule has 0 spiro atoms. The van der Waals surface area contributed by atoms with Gasteiger partial charge in [-0.3, -0.25) is 0 Å². The van der Waals surface area contributed by atoms with Crippen molar-refractivity contribution in [2.75, 3.05) is 6.61 Å². The monoisotopic (exact) mass is 488 g/mol. The van der Waals surface area contributed by atoms with Crippen LogP contribution in [0.1, 0.15) is 54.7 Å². The van der Waals surface area contributed by atoms with Crippen LogP contribution in [0.2, 0.25) is 0 Å². The van der Waals surface area contributed by atoms with Crippen LogP contribution >= 0.6 is 0 Å². The molecule has 0 aromatic heterocycles. The van der Waals surface area contributed by atoms with E-state index in [0.717, 1.165) is 36.6 Å². The van der Waals surface area contributed by atoms with Crippen molar-refractivity contribution in [2.24, 2.45) is 5.92 Å². The fraction of sp³-hybridized carbons (Fsp3) is 0.379. The van der Waals surface area contributed by atoms with Crippen LogP contribution in [0.25, 0.3) is 10.8 Å². The van der Waals surface area contributed by atoms with Crippen molar-refractivity contribution in [3.8, 4) is 5.75 Å². The predicted octanol–water partition coefficient (Wildman–Crippen LogP) is 8.69. The van der Waals surface area contributed by atoms with Gasteiger partial charge in [0, 0.05) is 5.39 Å². The third-order valence-electron chi connectivity index (χ3n) is 6.95. The molecule has 1 fully saturated rings. The summed E-state index contributed by atoms with van der Waals surface area (Å²) in [6.07, 6.45) is 3.90. The second-order valence-electron chi connectivity index (χ2n) is 9.43. The number of ether oxygens (including phenoxy) is 1. The van der Waals surface area contributed by atoms with Gasteiger partial charge in [-0.15, -0.1) is 6.58 Å². The molecule has 3 aromatic rings. The number of rotatable bonds is 8. The van der Waals surface area contributed by atoms with Crippen LogP contribution in [0.4, 0.5) is 22.0 Å². The molecule has 0 radical (unpaired) electrons. The third-order valence-corrected chi connectivity index (χ3v) is 6.95. The van der Waals surface area contributed by atoms with Crippen LogP contribution in [0, 0.1) is 17.6 Å². The van der Waals surface area contributed by atoms with Gasteiger partial charge in [0.1, 0.15) is 5.82 Å². The number of halogens is 5. The van der Waals surface area contributed by atoms with Gasteiger partial charge in [0.15, 0.2) is 18.2 Å². The minimum atomic E-state index is -4.54. The summed E-state index contributed by atoms with van der Waals surface area (Å²) in [5.74, 6) is -0.374. The van der Waals surface area contributed by atoms with E-state index >= 15 is 4.39 Å². The Kier molecular flexibility index (Phi) is 7.78. The quantitative estimate of drug-likeness (QED) is 0.228. The lowest BCUT2D eigenvalue weighted by atomic mass is 9.77. The number of hydrogen-bond acceptors (Lipinski definition) is 1. The molecule has 0 amide bonds. The first-order valence-electron chi connectivity index (χ1n) is 12.0. The summed E-state index contributed by atoms with van der Waals surface area (Å²) in [7, 11) is 0. The molecule has 6 heteroatoms. The highest BCUT2D eigenvalue weighted by atomic mass is 19.4. The molecule has 4 rings (SSSR count). The summed E-state index contributed by atoms with van der Waals surface area (Å²) < 4.78 is 70.7. The van der Waals surface area contributed by atoms with Crippen LogP contribution in [-0.4, -0.2) is 12.8 Å². The summed E-state index contributed by atoms with van der Waals surface area (Å²) in [6.45, 7) is 2.29. The Bertz CT molecular complexity index is 1180. The molecular weight excluding hydrogens is 459 g/mol. The second kappa shape index (κ2) is 10.8. The first-order chi connectivity index (χ1) is 16.7. The lowest BCUT2D eigenvalue weighted by Crippen LogP contribution is -2.19. The maximum absolute atomic E-state index is 15.2. The smallest absolute Gasteiger partial charge is 0.422 e. The van der Waals surface area contributed by atoms with Gasteiger partial charge in [-0.1, -0.05) is 42.5 Å². The van der Waals surface area contributed by atoms with Gasteiger partial charge in [-0.05, 0) is 91.0 Å². The Morgan fingerprint density at radius 3 is 2.37 bits per heavy atom. The number of aryl methyl sites for hydroxylation is 2. The SMILES string of the molecule is C=CCC1CCC(c2ccc3c(F)c(CCc4ccc(OCC(F)(F)F)c(F)c4)ccc3c2)CC1. The molecule has 0 bridgehead atoms. The number of alkyl halides is 3. The first kappa shape index (κ1) is 25.2. The van der Waals surface area contributed by atoms with Crippen LogP contribution < -0.4 is 4.74 Å². The van der Waals surface area contributed by atoms with Crippen LogP contribution in [0.3, 0.4) is 0 Å². The Morgan fingerprint density at radius 1 is 0.914 bits per heavy atom. The molecule has 0 heterocycles. The average Bonchev–Trinajstić information content (AvgIpc) is 2.83. The Morgan fingerprint density at radius 2 is 1.69 bits per heavy atom. The van der Waals surface area contributed by atoms with Crippen molar-refractivity contribution < 1.29 is 26.7 Å². The summed E-state index contributed by atoms with van der Waals surface area (Å²) in [5, 5.41) is 1.43. The van der Waals surface area contributed by atoms with Gasteiger partial charge in [0.2, 0.25) is 0 Å². The van der Waals surface area contributed by atoms with E-state index in [9.17, 15) is 17.6 Å². The molecule has 186 valence electrons. The van der Waals surface area contributed by atoms with E-state index < -0.39 is 24.3 Å². The van der Waals surface area contributed by atoms with E-state index in [1.807, 2.05) is 24.3 Å². The topological polar surface area (TPSA) is 9.23 Å². The summed E-state index contributed by atoms with van der Waals surface area (Å²) >= 11 is 0. The van der Waals surface area contributed by atoms with E-state index in [2.05, 4.69) is 17.4 Å².